The van der Waals surface area contributed by atoms with Gasteiger partial charge in [-0.25, -0.2) is 4.79 Å². The van der Waals surface area contributed by atoms with E-state index in [1.807, 2.05) is 0 Å². The summed E-state index contributed by atoms with van der Waals surface area (Å²) in [4.78, 5) is 23.5. The molecule has 0 aromatic heterocycles. The van der Waals surface area contributed by atoms with Crippen LogP contribution in [0, 0.1) is 0 Å². The topological polar surface area (TPSA) is 76.1 Å². The Morgan fingerprint density at radius 1 is 1.63 bits per heavy atom. The third kappa shape index (κ3) is 3.03. The molecule has 1 amide bonds. The second kappa shape index (κ2) is 5.71. The lowest BCUT2D eigenvalue weighted by atomic mass is 10.1. The molecule has 0 aliphatic carbocycles. The smallest absolute Gasteiger partial charge is 0.335 e. The third-order valence-electron chi connectivity index (χ3n) is 2.92. The van der Waals surface area contributed by atoms with E-state index in [0.717, 1.165) is 12.0 Å². The van der Waals surface area contributed by atoms with Gasteiger partial charge in [0.05, 0.1) is 18.7 Å². The number of methoxy groups -OCH3 is 1. The Balaban J connectivity index is 2.33. The Bertz CT molecular complexity index is 488. The lowest BCUT2D eigenvalue weighted by Gasteiger charge is -2.19. The van der Waals surface area contributed by atoms with E-state index in [1.165, 1.54) is 12.1 Å². The van der Waals surface area contributed by atoms with E-state index in [0.29, 0.717) is 25.4 Å². The second-order valence-corrected chi connectivity index (χ2v) is 4.36. The van der Waals surface area contributed by atoms with Crippen LogP contribution in [-0.2, 0) is 16.1 Å². The molecule has 1 atom stereocenters. The summed E-state index contributed by atoms with van der Waals surface area (Å²) in [5, 5.41) is 8.98. The zero-order valence-electron chi connectivity index (χ0n) is 10.5. The first-order valence-corrected chi connectivity index (χ1v) is 5.85. The number of carbonyl (C=O) groups excluding carboxylic acids is 1. The molecule has 6 nitrogen and oxygen atoms in total. The maximum absolute atomic E-state index is 11.0. The van der Waals surface area contributed by atoms with Gasteiger partial charge in [-0.1, -0.05) is 6.07 Å². The Morgan fingerprint density at radius 3 is 3.05 bits per heavy atom. The lowest BCUT2D eigenvalue weighted by molar-refractivity contribution is -0.119. The van der Waals surface area contributed by atoms with Gasteiger partial charge in [-0.2, -0.15) is 0 Å². The van der Waals surface area contributed by atoms with Gasteiger partial charge >= 0.3 is 5.97 Å². The van der Waals surface area contributed by atoms with Crippen molar-refractivity contribution in [2.45, 2.75) is 12.6 Å². The van der Waals surface area contributed by atoms with Crippen LogP contribution in [0.3, 0.4) is 0 Å². The Labute approximate surface area is 110 Å². The molecule has 0 fully saturated rings. The number of aromatic carboxylic acids is 1. The maximum atomic E-state index is 11.0. The second-order valence-electron chi connectivity index (χ2n) is 4.36. The Morgan fingerprint density at radius 2 is 2.42 bits per heavy atom. The van der Waals surface area contributed by atoms with Crippen molar-refractivity contribution in [3.8, 4) is 5.75 Å². The fourth-order valence-electron chi connectivity index (χ4n) is 2.04. The molecule has 1 heterocycles. The first-order chi connectivity index (χ1) is 9.13. The van der Waals surface area contributed by atoms with Gasteiger partial charge in [-0.05, 0) is 12.1 Å². The maximum Gasteiger partial charge on any atom is 0.335 e. The van der Waals surface area contributed by atoms with Gasteiger partial charge in [0.15, 0.2) is 0 Å². The van der Waals surface area contributed by atoms with Crippen molar-refractivity contribution in [3.05, 3.63) is 29.3 Å². The molecule has 19 heavy (non-hydrogen) atoms. The molecule has 1 N–H and O–H groups in total. The molecule has 1 aromatic carbocycles. The van der Waals surface area contributed by atoms with Crippen LogP contribution in [0.1, 0.15) is 15.9 Å². The van der Waals surface area contributed by atoms with Gasteiger partial charge < -0.3 is 19.5 Å². The van der Waals surface area contributed by atoms with Crippen LogP contribution < -0.4 is 4.74 Å². The average molecular weight is 265 g/mol. The van der Waals surface area contributed by atoms with Gasteiger partial charge in [0, 0.05) is 19.2 Å². The molecule has 6 heteroatoms. The molecule has 1 unspecified atom stereocenters. The molecule has 0 saturated heterocycles. The Hall–Kier alpha value is -2.08. The molecular formula is C13H15NO5. The first kappa shape index (κ1) is 13.4. The quantitative estimate of drug-likeness (QED) is 0.813. The van der Waals surface area contributed by atoms with Gasteiger partial charge in [0.1, 0.15) is 11.9 Å². The zero-order chi connectivity index (χ0) is 13.8. The number of hydrogen-bond acceptors (Lipinski definition) is 4. The number of benzene rings is 1. The normalized spacial score (nSPS) is 18.2. The molecule has 1 aliphatic heterocycles. The van der Waals surface area contributed by atoms with Crippen LogP contribution in [0.15, 0.2) is 18.2 Å². The van der Waals surface area contributed by atoms with Crippen molar-refractivity contribution < 1.29 is 24.2 Å². The van der Waals surface area contributed by atoms with Crippen LogP contribution in [0.2, 0.25) is 0 Å². The van der Waals surface area contributed by atoms with E-state index in [9.17, 15) is 9.59 Å². The van der Waals surface area contributed by atoms with Crippen molar-refractivity contribution >= 4 is 12.4 Å². The summed E-state index contributed by atoms with van der Waals surface area (Å²) in [6.07, 6.45) is 0.451. The number of rotatable bonds is 4. The number of ether oxygens (including phenoxy) is 2. The first-order valence-electron chi connectivity index (χ1n) is 5.85. The van der Waals surface area contributed by atoms with Crippen LogP contribution in [0.4, 0.5) is 0 Å². The Kier molecular flexibility index (Phi) is 4.01. The molecular weight excluding hydrogens is 250 g/mol. The monoisotopic (exact) mass is 265 g/mol. The highest BCUT2D eigenvalue weighted by molar-refractivity contribution is 5.88. The van der Waals surface area contributed by atoms with Crippen LogP contribution in [0.25, 0.3) is 0 Å². The summed E-state index contributed by atoms with van der Waals surface area (Å²) in [5.74, 6) is -0.516. The van der Waals surface area contributed by atoms with Crippen molar-refractivity contribution in [1.29, 1.82) is 0 Å². The van der Waals surface area contributed by atoms with Gasteiger partial charge in [-0.15, -0.1) is 0 Å². The minimum Gasteiger partial charge on any atom is -0.486 e. The van der Waals surface area contributed by atoms with Crippen molar-refractivity contribution in [3.63, 3.8) is 0 Å². The fourth-order valence-corrected chi connectivity index (χ4v) is 2.04. The summed E-state index contributed by atoms with van der Waals surface area (Å²) in [7, 11) is 1.55. The number of carbonyl (C=O) groups is 2. The summed E-state index contributed by atoms with van der Waals surface area (Å²) in [6, 6.07) is 4.66. The third-order valence-corrected chi connectivity index (χ3v) is 2.92. The minimum atomic E-state index is -1.01. The highest BCUT2D eigenvalue weighted by Crippen LogP contribution is 2.26. The summed E-state index contributed by atoms with van der Waals surface area (Å²) in [5.41, 5.74) is 0.949. The SMILES string of the molecule is COCC1CN(C=O)Cc2ccc(C(=O)O)cc2O1. The molecule has 0 spiro atoms. The largest absolute Gasteiger partial charge is 0.486 e. The molecule has 1 aliphatic rings. The van der Waals surface area contributed by atoms with Crippen LogP contribution in [0.5, 0.6) is 5.75 Å². The number of fused-ring (bicyclic) bond motifs is 1. The molecule has 102 valence electrons. The fraction of sp³-hybridized carbons (Fsp3) is 0.385. The number of carboxylic acids is 1. The molecule has 2 rings (SSSR count). The van der Waals surface area contributed by atoms with E-state index < -0.39 is 5.97 Å². The van der Waals surface area contributed by atoms with E-state index in [-0.39, 0.29) is 11.7 Å². The van der Waals surface area contributed by atoms with Crippen molar-refractivity contribution in [2.24, 2.45) is 0 Å². The van der Waals surface area contributed by atoms with Gasteiger partial charge in [0.25, 0.3) is 0 Å². The number of hydrogen-bond donors (Lipinski definition) is 1. The van der Waals surface area contributed by atoms with Crippen LogP contribution in [-0.4, -0.2) is 48.8 Å². The van der Waals surface area contributed by atoms with E-state index in [4.69, 9.17) is 14.6 Å². The predicted octanol–water partition coefficient (Wildman–Crippen LogP) is 0.751. The van der Waals surface area contributed by atoms with Gasteiger partial charge in [0.2, 0.25) is 6.41 Å². The number of nitrogens with zero attached hydrogens (tertiary/aromatic N) is 1. The molecule has 1 aromatic rings. The molecule has 0 radical (unpaired) electrons. The average Bonchev–Trinajstić information content (AvgIpc) is 2.56. The zero-order valence-corrected chi connectivity index (χ0v) is 10.5. The summed E-state index contributed by atoms with van der Waals surface area (Å²) < 4.78 is 10.8. The molecule has 0 bridgehead atoms. The summed E-state index contributed by atoms with van der Waals surface area (Å²) in [6.45, 7) is 1.15. The van der Waals surface area contributed by atoms with Crippen molar-refractivity contribution in [2.75, 3.05) is 20.3 Å². The highest BCUT2D eigenvalue weighted by atomic mass is 16.5. The van der Waals surface area contributed by atoms with Crippen LogP contribution >= 0.6 is 0 Å². The minimum absolute atomic E-state index is 0.162. The summed E-state index contributed by atoms with van der Waals surface area (Å²) >= 11 is 0. The van der Waals surface area contributed by atoms with E-state index in [1.54, 1.807) is 18.1 Å². The lowest BCUT2D eigenvalue weighted by Crippen LogP contribution is -2.34. The number of carboxylic acid groups (broad SMARTS) is 1. The molecule has 0 saturated carbocycles. The van der Waals surface area contributed by atoms with Crippen molar-refractivity contribution in [1.82, 2.24) is 4.90 Å². The van der Waals surface area contributed by atoms with Gasteiger partial charge in [-0.3, -0.25) is 4.79 Å². The standard InChI is InChI=1S/C13H15NO5/c1-18-7-11-6-14(8-15)5-10-3-2-9(13(16)17)4-12(10)19-11/h2-4,8,11H,5-7H2,1H3,(H,16,17). The number of amides is 1. The van der Waals surface area contributed by atoms with E-state index in [2.05, 4.69) is 0 Å². The predicted molar refractivity (Wildman–Crippen MR) is 66.2 cm³/mol. The van der Waals surface area contributed by atoms with E-state index >= 15 is 0 Å². The highest BCUT2D eigenvalue weighted by Gasteiger charge is 2.23.